The minimum absolute atomic E-state index is 0.0452. The van der Waals surface area contributed by atoms with Gasteiger partial charge in [-0.25, -0.2) is 4.79 Å². The first kappa shape index (κ1) is 16.6. The van der Waals surface area contributed by atoms with Crippen LogP contribution in [0.1, 0.15) is 12.5 Å². The highest BCUT2D eigenvalue weighted by Crippen LogP contribution is 2.29. The summed E-state index contributed by atoms with van der Waals surface area (Å²) in [5.41, 5.74) is 1.43. The zero-order valence-electron chi connectivity index (χ0n) is 13.5. The predicted molar refractivity (Wildman–Crippen MR) is 92.1 cm³/mol. The highest BCUT2D eigenvalue weighted by Gasteiger charge is 2.27. The monoisotopic (exact) mass is 349 g/mol. The van der Waals surface area contributed by atoms with Crippen molar-refractivity contribution in [3.63, 3.8) is 0 Å². The van der Waals surface area contributed by atoms with Crippen molar-refractivity contribution in [2.24, 2.45) is 0 Å². The Morgan fingerprint density at radius 1 is 1.21 bits per heavy atom. The van der Waals surface area contributed by atoms with E-state index in [1.54, 1.807) is 28.0 Å². The van der Waals surface area contributed by atoms with Gasteiger partial charge in [0, 0.05) is 43.3 Å². The molecular weight excluding hydrogens is 330 g/mol. The molecule has 3 amide bonds. The third kappa shape index (κ3) is 3.48. The lowest BCUT2D eigenvalue weighted by Gasteiger charge is -2.35. The SMILES string of the molecule is CCNC(=O)N1CCN(C(=O)C2=Cc3cc(Cl)ccc3OC2)CC1. The van der Waals surface area contributed by atoms with Crippen molar-refractivity contribution in [3.05, 3.63) is 34.4 Å². The smallest absolute Gasteiger partial charge is 0.317 e. The number of rotatable bonds is 2. The zero-order valence-corrected chi connectivity index (χ0v) is 14.3. The molecule has 1 aromatic carbocycles. The largest absolute Gasteiger partial charge is 0.488 e. The zero-order chi connectivity index (χ0) is 17.1. The molecule has 2 aliphatic heterocycles. The Morgan fingerprint density at radius 2 is 1.92 bits per heavy atom. The summed E-state index contributed by atoms with van der Waals surface area (Å²) in [5.74, 6) is 0.688. The fourth-order valence-corrected chi connectivity index (χ4v) is 3.03. The van der Waals surface area contributed by atoms with E-state index in [9.17, 15) is 9.59 Å². The maximum atomic E-state index is 12.7. The van der Waals surface area contributed by atoms with Gasteiger partial charge < -0.3 is 19.9 Å². The summed E-state index contributed by atoms with van der Waals surface area (Å²) in [4.78, 5) is 28.0. The Kier molecular flexibility index (Phi) is 4.94. The van der Waals surface area contributed by atoms with Crippen molar-refractivity contribution in [1.29, 1.82) is 0 Å². The third-order valence-electron chi connectivity index (χ3n) is 4.14. The summed E-state index contributed by atoms with van der Waals surface area (Å²) in [6.45, 7) is 4.86. The first-order chi connectivity index (χ1) is 11.6. The van der Waals surface area contributed by atoms with Crippen molar-refractivity contribution < 1.29 is 14.3 Å². The van der Waals surface area contributed by atoms with E-state index in [1.165, 1.54) is 0 Å². The molecule has 2 aliphatic rings. The Morgan fingerprint density at radius 3 is 2.62 bits per heavy atom. The number of amides is 3. The molecular formula is C17H20ClN3O3. The molecule has 0 unspecified atom stereocenters. The second-order valence-electron chi connectivity index (χ2n) is 5.76. The van der Waals surface area contributed by atoms with Crippen LogP contribution >= 0.6 is 11.6 Å². The summed E-state index contributed by atoms with van der Waals surface area (Å²) >= 11 is 6.00. The average molecular weight is 350 g/mol. The molecule has 128 valence electrons. The summed E-state index contributed by atoms with van der Waals surface area (Å²) in [6.07, 6.45) is 1.84. The first-order valence-electron chi connectivity index (χ1n) is 8.03. The number of hydrogen-bond donors (Lipinski definition) is 1. The van der Waals surface area contributed by atoms with Gasteiger partial charge in [-0.3, -0.25) is 4.79 Å². The molecule has 0 bridgehead atoms. The molecule has 6 nitrogen and oxygen atoms in total. The maximum Gasteiger partial charge on any atom is 0.317 e. The summed E-state index contributed by atoms with van der Waals surface area (Å²) in [7, 11) is 0. The first-order valence-corrected chi connectivity index (χ1v) is 8.41. The molecule has 1 saturated heterocycles. The second kappa shape index (κ2) is 7.13. The number of nitrogens with zero attached hydrogens (tertiary/aromatic N) is 2. The average Bonchev–Trinajstić information content (AvgIpc) is 2.60. The molecule has 0 saturated carbocycles. The van der Waals surface area contributed by atoms with Crippen LogP contribution in [0.3, 0.4) is 0 Å². The minimum Gasteiger partial charge on any atom is -0.488 e. The topological polar surface area (TPSA) is 61.9 Å². The highest BCUT2D eigenvalue weighted by molar-refractivity contribution is 6.30. The number of halogens is 1. The van der Waals surface area contributed by atoms with Crippen LogP contribution in [0.4, 0.5) is 4.79 Å². The van der Waals surface area contributed by atoms with Crippen LogP contribution in [-0.2, 0) is 4.79 Å². The van der Waals surface area contributed by atoms with E-state index in [0.717, 1.165) is 11.3 Å². The number of hydrogen-bond acceptors (Lipinski definition) is 3. The number of benzene rings is 1. The van der Waals surface area contributed by atoms with Crippen molar-refractivity contribution in [3.8, 4) is 5.75 Å². The Balaban J connectivity index is 1.65. The quantitative estimate of drug-likeness (QED) is 0.888. The molecule has 3 rings (SSSR count). The number of urea groups is 1. The molecule has 0 aromatic heterocycles. The van der Waals surface area contributed by atoms with Crippen LogP contribution in [0, 0.1) is 0 Å². The number of fused-ring (bicyclic) bond motifs is 1. The van der Waals surface area contributed by atoms with Crippen LogP contribution < -0.4 is 10.1 Å². The van der Waals surface area contributed by atoms with Crippen LogP contribution in [0.15, 0.2) is 23.8 Å². The fourth-order valence-electron chi connectivity index (χ4n) is 2.85. The van der Waals surface area contributed by atoms with Gasteiger partial charge in [0.25, 0.3) is 5.91 Å². The molecule has 0 spiro atoms. The van der Waals surface area contributed by atoms with E-state index in [0.29, 0.717) is 43.3 Å². The van der Waals surface area contributed by atoms with Gasteiger partial charge in [0.2, 0.25) is 0 Å². The van der Waals surface area contributed by atoms with E-state index in [4.69, 9.17) is 16.3 Å². The van der Waals surface area contributed by atoms with Crippen LogP contribution in [0.2, 0.25) is 5.02 Å². The van der Waals surface area contributed by atoms with Gasteiger partial charge in [0.1, 0.15) is 12.4 Å². The lowest BCUT2D eigenvalue weighted by molar-refractivity contribution is -0.128. The molecule has 0 aliphatic carbocycles. The van der Waals surface area contributed by atoms with Crippen LogP contribution in [0.5, 0.6) is 5.75 Å². The van der Waals surface area contributed by atoms with Crippen molar-refractivity contribution in [2.45, 2.75) is 6.92 Å². The van der Waals surface area contributed by atoms with Gasteiger partial charge in [0.15, 0.2) is 0 Å². The van der Waals surface area contributed by atoms with E-state index in [2.05, 4.69) is 5.32 Å². The summed E-state index contributed by atoms with van der Waals surface area (Å²) < 4.78 is 5.65. The Hall–Kier alpha value is -2.21. The maximum absolute atomic E-state index is 12.7. The molecule has 0 radical (unpaired) electrons. The van der Waals surface area contributed by atoms with E-state index < -0.39 is 0 Å². The lowest BCUT2D eigenvalue weighted by Crippen LogP contribution is -2.53. The van der Waals surface area contributed by atoms with Crippen molar-refractivity contribution in [1.82, 2.24) is 15.1 Å². The second-order valence-corrected chi connectivity index (χ2v) is 6.19. The lowest BCUT2D eigenvalue weighted by atomic mass is 10.1. The number of ether oxygens (including phenoxy) is 1. The third-order valence-corrected chi connectivity index (χ3v) is 4.38. The van der Waals surface area contributed by atoms with E-state index in [-0.39, 0.29) is 18.5 Å². The molecule has 1 fully saturated rings. The number of carbonyl (C=O) groups excluding carboxylic acids is 2. The summed E-state index contributed by atoms with van der Waals surface area (Å²) in [6, 6.07) is 5.28. The van der Waals surface area contributed by atoms with Gasteiger partial charge in [-0.15, -0.1) is 0 Å². The molecule has 2 heterocycles. The Bertz CT molecular complexity index is 682. The van der Waals surface area contributed by atoms with E-state index >= 15 is 0 Å². The van der Waals surface area contributed by atoms with E-state index in [1.807, 2.05) is 13.0 Å². The number of carbonyl (C=O) groups is 2. The standard InChI is InChI=1S/C17H20ClN3O3/c1-2-19-17(23)21-7-5-20(6-8-21)16(22)13-9-12-10-14(18)3-4-15(12)24-11-13/h3-4,9-10H,2,5-8,11H2,1H3,(H,19,23). The van der Waals surface area contributed by atoms with Gasteiger partial charge in [-0.1, -0.05) is 11.6 Å². The molecule has 24 heavy (non-hydrogen) atoms. The van der Waals surface area contributed by atoms with Gasteiger partial charge >= 0.3 is 6.03 Å². The fraction of sp³-hybridized carbons (Fsp3) is 0.412. The number of piperazine rings is 1. The van der Waals surface area contributed by atoms with Crippen molar-refractivity contribution >= 4 is 29.6 Å². The minimum atomic E-state index is -0.0756. The normalized spacial score (nSPS) is 16.8. The van der Waals surface area contributed by atoms with Crippen molar-refractivity contribution in [2.75, 3.05) is 39.3 Å². The highest BCUT2D eigenvalue weighted by atomic mass is 35.5. The summed E-state index contributed by atoms with van der Waals surface area (Å²) in [5, 5.41) is 3.39. The van der Waals surface area contributed by atoms with Crippen LogP contribution in [0.25, 0.3) is 6.08 Å². The molecule has 1 aromatic rings. The molecule has 0 atom stereocenters. The van der Waals surface area contributed by atoms with Crippen LogP contribution in [-0.4, -0.2) is 61.1 Å². The predicted octanol–water partition coefficient (Wildman–Crippen LogP) is 1.99. The van der Waals surface area contributed by atoms with Gasteiger partial charge in [-0.05, 0) is 31.2 Å². The number of nitrogens with one attached hydrogen (secondary N) is 1. The Labute approximate surface area is 146 Å². The van der Waals surface area contributed by atoms with Gasteiger partial charge in [0.05, 0.1) is 5.57 Å². The molecule has 7 heteroatoms. The van der Waals surface area contributed by atoms with Gasteiger partial charge in [-0.2, -0.15) is 0 Å². The molecule has 1 N–H and O–H groups in total.